The standard InChI is InChI=1S/C28H27NO4/c1-17-10-12-22(15-25(17)30)29(23-13-11-18(2)26(31)16-23)21-6-5-7-24(14-21)33-28-20(4)9-8-19(3)27(28)32/h5-16,30-32H,1-4H3. The lowest BCUT2D eigenvalue weighted by Crippen LogP contribution is -2.10. The molecule has 5 nitrogen and oxygen atoms in total. The Morgan fingerprint density at radius 1 is 0.576 bits per heavy atom. The number of aryl methyl sites for hydroxylation is 4. The van der Waals surface area contributed by atoms with E-state index in [-0.39, 0.29) is 17.2 Å². The van der Waals surface area contributed by atoms with Gasteiger partial charge in [-0.2, -0.15) is 0 Å². The van der Waals surface area contributed by atoms with E-state index in [1.165, 1.54) is 0 Å². The number of hydrogen-bond acceptors (Lipinski definition) is 5. The van der Waals surface area contributed by atoms with Crippen LogP contribution in [0.15, 0.2) is 72.8 Å². The maximum absolute atomic E-state index is 10.5. The minimum atomic E-state index is 0.115. The summed E-state index contributed by atoms with van der Waals surface area (Å²) >= 11 is 0. The molecule has 0 aliphatic carbocycles. The Hall–Kier alpha value is -4.12. The molecule has 4 rings (SSSR count). The normalized spacial score (nSPS) is 10.8. The van der Waals surface area contributed by atoms with E-state index in [0.29, 0.717) is 11.5 Å². The molecule has 0 aromatic heterocycles. The van der Waals surface area contributed by atoms with E-state index in [1.54, 1.807) is 12.1 Å². The molecule has 0 saturated heterocycles. The van der Waals surface area contributed by atoms with E-state index in [2.05, 4.69) is 0 Å². The number of nitrogens with zero attached hydrogens (tertiary/aromatic N) is 1. The van der Waals surface area contributed by atoms with Gasteiger partial charge in [-0.3, -0.25) is 0 Å². The van der Waals surface area contributed by atoms with Gasteiger partial charge in [-0.15, -0.1) is 0 Å². The molecule has 0 aliphatic heterocycles. The molecule has 33 heavy (non-hydrogen) atoms. The van der Waals surface area contributed by atoms with Gasteiger partial charge in [-0.25, -0.2) is 0 Å². The quantitative estimate of drug-likeness (QED) is 0.303. The van der Waals surface area contributed by atoms with Gasteiger partial charge in [0.2, 0.25) is 0 Å². The van der Waals surface area contributed by atoms with Gasteiger partial charge >= 0.3 is 0 Å². The van der Waals surface area contributed by atoms with Crippen LogP contribution in [0.2, 0.25) is 0 Å². The Bertz CT molecular complexity index is 1280. The molecular weight excluding hydrogens is 414 g/mol. The summed E-state index contributed by atoms with van der Waals surface area (Å²) in [6.07, 6.45) is 0. The zero-order valence-corrected chi connectivity index (χ0v) is 19.1. The van der Waals surface area contributed by atoms with Crippen LogP contribution >= 0.6 is 0 Å². The second-order valence-electron chi connectivity index (χ2n) is 8.25. The molecule has 4 aromatic carbocycles. The van der Waals surface area contributed by atoms with Crippen LogP contribution in [-0.4, -0.2) is 15.3 Å². The van der Waals surface area contributed by atoms with Crippen molar-refractivity contribution in [3.05, 3.63) is 95.1 Å². The van der Waals surface area contributed by atoms with E-state index < -0.39 is 0 Å². The van der Waals surface area contributed by atoms with Crippen molar-refractivity contribution in [1.82, 2.24) is 0 Å². The number of hydrogen-bond donors (Lipinski definition) is 3. The first-order valence-corrected chi connectivity index (χ1v) is 10.7. The van der Waals surface area contributed by atoms with Gasteiger partial charge in [0.05, 0.1) is 0 Å². The van der Waals surface area contributed by atoms with Crippen molar-refractivity contribution in [1.29, 1.82) is 0 Å². The summed E-state index contributed by atoms with van der Waals surface area (Å²) in [7, 11) is 0. The van der Waals surface area contributed by atoms with Crippen molar-refractivity contribution in [3.63, 3.8) is 0 Å². The number of rotatable bonds is 5. The Kier molecular flexibility index (Phi) is 5.88. The predicted octanol–water partition coefficient (Wildman–Crippen LogP) is 7.30. The summed E-state index contributed by atoms with van der Waals surface area (Å²) in [6, 6.07) is 22.1. The molecule has 5 heteroatoms. The first-order valence-electron chi connectivity index (χ1n) is 10.7. The van der Waals surface area contributed by atoms with E-state index in [9.17, 15) is 15.3 Å². The monoisotopic (exact) mass is 441 g/mol. The number of anilines is 3. The third kappa shape index (κ3) is 4.44. The number of phenolic OH excluding ortho intramolecular Hbond substituents is 3. The van der Waals surface area contributed by atoms with Gasteiger partial charge in [0, 0.05) is 35.3 Å². The zero-order valence-electron chi connectivity index (χ0n) is 19.1. The fourth-order valence-corrected chi connectivity index (χ4v) is 3.62. The molecule has 0 atom stereocenters. The van der Waals surface area contributed by atoms with Crippen LogP contribution in [0.1, 0.15) is 22.3 Å². The van der Waals surface area contributed by atoms with Crippen LogP contribution in [0.5, 0.6) is 28.7 Å². The molecular formula is C28H27NO4. The highest BCUT2D eigenvalue weighted by Crippen LogP contribution is 2.41. The van der Waals surface area contributed by atoms with Gasteiger partial charge in [0.25, 0.3) is 0 Å². The van der Waals surface area contributed by atoms with Crippen molar-refractivity contribution >= 4 is 17.1 Å². The maximum atomic E-state index is 10.5. The number of aromatic hydroxyl groups is 3. The third-order valence-corrected chi connectivity index (χ3v) is 5.73. The van der Waals surface area contributed by atoms with Crippen molar-refractivity contribution < 1.29 is 20.1 Å². The average Bonchev–Trinajstić information content (AvgIpc) is 2.79. The fourth-order valence-electron chi connectivity index (χ4n) is 3.62. The lowest BCUT2D eigenvalue weighted by atomic mass is 10.1. The summed E-state index contributed by atoms with van der Waals surface area (Å²) in [6.45, 7) is 7.39. The highest BCUT2D eigenvalue weighted by atomic mass is 16.5. The molecule has 0 unspecified atom stereocenters. The maximum Gasteiger partial charge on any atom is 0.172 e. The van der Waals surface area contributed by atoms with E-state index >= 15 is 0 Å². The Morgan fingerprint density at radius 3 is 1.67 bits per heavy atom. The summed E-state index contributed by atoms with van der Waals surface area (Å²) in [4.78, 5) is 1.92. The van der Waals surface area contributed by atoms with Crippen molar-refractivity contribution in [2.75, 3.05) is 4.90 Å². The van der Waals surface area contributed by atoms with Crippen molar-refractivity contribution in [2.24, 2.45) is 0 Å². The number of phenols is 3. The van der Waals surface area contributed by atoms with Gasteiger partial charge in [-0.1, -0.05) is 30.3 Å². The molecule has 4 aromatic rings. The first kappa shape index (κ1) is 22.1. The largest absolute Gasteiger partial charge is 0.508 e. The van der Waals surface area contributed by atoms with E-state index in [1.807, 2.05) is 93.3 Å². The molecule has 3 N–H and O–H groups in total. The molecule has 0 saturated carbocycles. The summed E-state index contributed by atoms with van der Waals surface area (Å²) in [5.41, 5.74) is 5.33. The lowest BCUT2D eigenvalue weighted by Gasteiger charge is -2.26. The van der Waals surface area contributed by atoms with E-state index in [4.69, 9.17) is 4.74 Å². The first-order chi connectivity index (χ1) is 15.7. The highest BCUT2D eigenvalue weighted by molar-refractivity contribution is 5.79. The summed E-state index contributed by atoms with van der Waals surface area (Å²) < 4.78 is 6.09. The Balaban J connectivity index is 1.82. The molecule has 0 bridgehead atoms. The second kappa shape index (κ2) is 8.79. The minimum absolute atomic E-state index is 0.115. The predicted molar refractivity (Wildman–Crippen MR) is 132 cm³/mol. The minimum Gasteiger partial charge on any atom is -0.508 e. The van der Waals surface area contributed by atoms with Crippen LogP contribution in [0.4, 0.5) is 17.1 Å². The molecule has 0 heterocycles. The smallest absolute Gasteiger partial charge is 0.172 e. The van der Waals surface area contributed by atoms with Crippen LogP contribution < -0.4 is 9.64 Å². The van der Waals surface area contributed by atoms with Gasteiger partial charge < -0.3 is 25.0 Å². The third-order valence-electron chi connectivity index (χ3n) is 5.73. The van der Waals surface area contributed by atoms with Crippen molar-refractivity contribution in [3.8, 4) is 28.7 Å². The van der Waals surface area contributed by atoms with Crippen LogP contribution in [-0.2, 0) is 0 Å². The zero-order chi connectivity index (χ0) is 23.7. The number of ether oxygens (including phenoxy) is 1. The van der Waals surface area contributed by atoms with Gasteiger partial charge in [0.1, 0.15) is 17.2 Å². The van der Waals surface area contributed by atoms with Gasteiger partial charge in [0.15, 0.2) is 11.5 Å². The Labute approximate surface area is 193 Å². The topological polar surface area (TPSA) is 73.2 Å². The fraction of sp³-hybridized carbons (Fsp3) is 0.143. The van der Waals surface area contributed by atoms with Crippen LogP contribution in [0, 0.1) is 27.7 Å². The average molecular weight is 442 g/mol. The molecule has 0 radical (unpaired) electrons. The van der Waals surface area contributed by atoms with Gasteiger partial charge in [-0.05, 0) is 74.2 Å². The molecule has 0 aliphatic rings. The van der Waals surface area contributed by atoms with Crippen molar-refractivity contribution in [2.45, 2.75) is 27.7 Å². The summed E-state index contributed by atoms with van der Waals surface area (Å²) in [5.74, 6) is 1.45. The van der Waals surface area contributed by atoms with Crippen LogP contribution in [0.3, 0.4) is 0 Å². The molecule has 0 fully saturated rings. The highest BCUT2D eigenvalue weighted by Gasteiger charge is 2.17. The molecule has 0 amide bonds. The van der Waals surface area contributed by atoms with E-state index in [0.717, 1.165) is 39.3 Å². The summed E-state index contributed by atoms with van der Waals surface area (Å²) in [5, 5.41) is 31.2. The lowest BCUT2D eigenvalue weighted by molar-refractivity contribution is 0.406. The Morgan fingerprint density at radius 2 is 1.09 bits per heavy atom. The number of benzene rings is 4. The second-order valence-corrected chi connectivity index (χ2v) is 8.25. The van der Waals surface area contributed by atoms with Crippen LogP contribution in [0.25, 0.3) is 0 Å². The molecule has 0 spiro atoms. The molecule has 168 valence electrons. The SMILES string of the molecule is Cc1ccc(N(c2cccc(Oc3c(C)ccc(C)c3O)c2)c2ccc(C)c(O)c2)cc1O.